The van der Waals surface area contributed by atoms with Crippen LogP contribution in [0.5, 0.6) is 5.75 Å². The molecule has 1 amide bonds. The van der Waals surface area contributed by atoms with E-state index in [2.05, 4.69) is 10.2 Å². The van der Waals surface area contributed by atoms with Gasteiger partial charge in [-0.05, 0) is 31.3 Å². The fraction of sp³-hybridized carbons (Fsp3) is 0.316. The SMILES string of the molecule is COc1cc(NC(=O)c2ccccc2)ccc1S(=O)(=O)N1CCN(C)CC1. The topological polar surface area (TPSA) is 78.9 Å². The number of rotatable bonds is 5. The summed E-state index contributed by atoms with van der Waals surface area (Å²) in [5, 5.41) is 2.76. The minimum Gasteiger partial charge on any atom is -0.495 e. The van der Waals surface area contributed by atoms with E-state index >= 15 is 0 Å². The van der Waals surface area contributed by atoms with E-state index in [0.717, 1.165) is 0 Å². The third-order valence-electron chi connectivity index (χ3n) is 4.54. The average Bonchev–Trinajstić information content (AvgIpc) is 2.68. The number of anilines is 1. The van der Waals surface area contributed by atoms with Crippen LogP contribution in [-0.4, -0.2) is 63.9 Å². The Morgan fingerprint density at radius 2 is 1.70 bits per heavy atom. The maximum Gasteiger partial charge on any atom is 0.255 e. The van der Waals surface area contributed by atoms with Gasteiger partial charge in [0.25, 0.3) is 5.91 Å². The van der Waals surface area contributed by atoms with Crippen LogP contribution in [0.3, 0.4) is 0 Å². The largest absolute Gasteiger partial charge is 0.495 e. The standard InChI is InChI=1S/C19H23N3O4S/c1-21-10-12-22(13-11-21)27(24,25)18-9-8-16(14-17(18)26-2)20-19(23)15-6-4-3-5-7-15/h3-9,14H,10-13H2,1-2H3,(H,20,23). The van der Waals surface area contributed by atoms with Gasteiger partial charge >= 0.3 is 0 Å². The first kappa shape index (κ1) is 19.3. The van der Waals surface area contributed by atoms with Crippen molar-refractivity contribution in [3.8, 4) is 5.75 Å². The van der Waals surface area contributed by atoms with Crippen molar-refractivity contribution in [2.75, 3.05) is 45.7 Å². The van der Waals surface area contributed by atoms with Gasteiger partial charge in [0, 0.05) is 43.5 Å². The number of likely N-dealkylation sites (N-methyl/N-ethyl adjacent to an activating group) is 1. The zero-order valence-corrected chi connectivity index (χ0v) is 16.2. The number of amides is 1. The number of ether oxygens (including phenoxy) is 1. The van der Waals surface area contributed by atoms with Crippen molar-refractivity contribution in [1.82, 2.24) is 9.21 Å². The lowest BCUT2D eigenvalue weighted by Crippen LogP contribution is -2.47. The summed E-state index contributed by atoms with van der Waals surface area (Å²) >= 11 is 0. The van der Waals surface area contributed by atoms with Crippen molar-refractivity contribution >= 4 is 21.6 Å². The summed E-state index contributed by atoms with van der Waals surface area (Å²) in [5.41, 5.74) is 0.989. The molecule has 0 radical (unpaired) electrons. The summed E-state index contributed by atoms with van der Waals surface area (Å²) in [6.07, 6.45) is 0. The molecule has 0 aromatic heterocycles. The van der Waals surface area contributed by atoms with Crippen molar-refractivity contribution in [3.05, 3.63) is 54.1 Å². The first-order valence-corrected chi connectivity index (χ1v) is 10.1. The number of nitrogens with zero attached hydrogens (tertiary/aromatic N) is 2. The zero-order chi connectivity index (χ0) is 19.4. The number of hydrogen-bond donors (Lipinski definition) is 1. The second-order valence-electron chi connectivity index (χ2n) is 6.39. The van der Waals surface area contributed by atoms with Crippen molar-refractivity contribution in [2.45, 2.75) is 4.90 Å². The number of nitrogens with one attached hydrogen (secondary N) is 1. The number of carbonyl (C=O) groups is 1. The highest BCUT2D eigenvalue weighted by molar-refractivity contribution is 7.89. The molecule has 2 aromatic rings. The Balaban J connectivity index is 1.83. The number of hydrogen-bond acceptors (Lipinski definition) is 5. The smallest absolute Gasteiger partial charge is 0.255 e. The fourth-order valence-corrected chi connectivity index (χ4v) is 4.48. The lowest BCUT2D eigenvalue weighted by molar-refractivity contribution is 0.102. The summed E-state index contributed by atoms with van der Waals surface area (Å²) < 4.78 is 32.7. The summed E-state index contributed by atoms with van der Waals surface area (Å²) in [6, 6.07) is 13.4. The molecule has 1 heterocycles. The van der Waals surface area contributed by atoms with E-state index < -0.39 is 10.0 Å². The van der Waals surface area contributed by atoms with Crippen LogP contribution in [0.15, 0.2) is 53.4 Å². The minimum atomic E-state index is -3.66. The second kappa shape index (κ2) is 8.08. The second-order valence-corrected chi connectivity index (χ2v) is 8.30. The molecule has 0 saturated carbocycles. The normalized spacial score (nSPS) is 16.1. The van der Waals surface area contributed by atoms with Crippen LogP contribution in [0.2, 0.25) is 0 Å². The van der Waals surface area contributed by atoms with Gasteiger partial charge in [-0.2, -0.15) is 4.31 Å². The molecule has 1 aliphatic rings. The predicted molar refractivity (Wildman–Crippen MR) is 104 cm³/mol. The summed E-state index contributed by atoms with van der Waals surface area (Å²) in [5.74, 6) is -0.0629. The average molecular weight is 389 g/mol. The van der Waals surface area contributed by atoms with Crippen molar-refractivity contribution in [1.29, 1.82) is 0 Å². The number of carbonyl (C=O) groups excluding carboxylic acids is 1. The van der Waals surface area contributed by atoms with Crippen molar-refractivity contribution in [3.63, 3.8) is 0 Å². The van der Waals surface area contributed by atoms with E-state index in [9.17, 15) is 13.2 Å². The van der Waals surface area contributed by atoms with Crippen LogP contribution in [0.25, 0.3) is 0 Å². The Labute approximate surface area is 159 Å². The van der Waals surface area contributed by atoms with Crippen molar-refractivity contribution < 1.29 is 17.9 Å². The van der Waals surface area contributed by atoms with Gasteiger partial charge < -0.3 is 15.0 Å². The van der Waals surface area contributed by atoms with E-state index in [0.29, 0.717) is 37.4 Å². The van der Waals surface area contributed by atoms with E-state index in [1.54, 1.807) is 30.3 Å². The van der Waals surface area contributed by atoms with E-state index in [-0.39, 0.29) is 16.6 Å². The molecule has 7 nitrogen and oxygen atoms in total. The monoisotopic (exact) mass is 389 g/mol. The number of benzene rings is 2. The Morgan fingerprint density at radius 1 is 1.04 bits per heavy atom. The van der Waals surface area contributed by atoms with Crippen molar-refractivity contribution in [2.24, 2.45) is 0 Å². The molecule has 0 unspecified atom stereocenters. The minimum absolute atomic E-state index is 0.104. The molecule has 1 fully saturated rings. The van der Waals surface area contributed by atoms with Crippen LogP contribution in [0.4, 0.5) is 5.69 Å². The first-order valence-electron chi connectivity index (χ1n) is 8.65. The molecule has 0 spiro atoms. The van der Waals surface area contributed by atoms with E-state index in [1.807, 2.05) is 13.1 Å². The Kier molecular flexibility index (Phi) is 5.79. The molecule has 0 bridgehead atoms. The highest BCUT2D eigenvalue weighted by atomic mass is 32.2. The lowest BCUT2D eigenvalue weighted by atomic mass is 10.2. The predicted octanol–water partition coefficient (Wildman–Crippen LogP) is 1.88. The third kappa shape index (κ3) is 4.29. The molecule has 1 N–H and O–H groups in total. The van der Waals surface area contributed by atoms with Crippen LogP contribution < -0.4 is 10.1 Å². The lowest BCUT2D eigenvalue weighted by Gasteiger charge is -2.31. The highest BCUT2D eigenvalue weighted by Crippen LogP contribution is 2.30. The molecule has 1 saturated heterocycles. The van der Waals surface area contributed by atoms with Gasteiger partial charge in [0.2, 0.25) is 10.0 Å². The molecule has 2 aromatic carbocycles. The van der Waals surface area contributed by atoms with Crippen LogP contribution >= 0.6 is 0 Å². The zero-order valence-electron chi connectivity index (χ0n) is 15.4. The molecule has 27 heavy (non-hydrogen) atoms. The maximum atomic E-state index is 13.0. The third-order valence-corrected chi connectivity index (χ3v) is 6.48. The quantitative estimate of drug-likeness (QED) is 0.845. The summed E-state index contributed by atoms with van der Waals surface area (Å²) in [7, 11) is -0.272. The molecule has 8 heteroatoms. The molecule has 0 aliphatic carbocycles. The molecule has 3 rings (SSSR count). The van der Waals surface area contributed by atoms with Gasteiger partial charge in [-0.1, -0.05) is 18.2 Å². The number of sulfonamides is 1. The van der Waals surface area contributed by atoms with E-state index in [4.69, 9.17) is 4.74 Å². The Bertz CT molecular complexity index is 908. The molecular weight excluding hydrogens is 366 g/mol. The van der Waals surface area contributed by atoms with Gasteiger partial charge in [0.1, 0.15) is 10.6 Å². The molecule has 1 aliphatic heterocycles. The Hall–Kier alpha value is -2.42. The van der Waals surface area contributed by atoms with Gasteiger partial charge in [-0.25, -0.2) is 8.42 Å². The van der Waals surface area contributed by atoms with Crippen LogP contribution in [0.1, 0.15) is 10.4 Å². The molecule has 0 atom stereocenters. The highest BCUT2D eigenvalue weighted by Gasteiger charge is 2.30. The molecular formula is C19H23N3O4S. The van der Waals surface area contributed by atoms with E-state index in [1.165, 1.54) is 23.5 Å². The Morgan fingerprint density at radius 3 is 2.33 bits per heavy atom. The van der Waals surface area contributed by atoms with Gasteiger partial charge in [0.05, 0.1) is 7.11 Å². The summed E-state index contributed by atoms with van der Waals surface area (Å²) in [6.45, 7) is 2.25. The van der Waals surface area contributed by atoms with Gasteiger partial charge in [-0.3, -0.25) is 4.79 Å². The summed E-state index contributed by atoms with van der Waals surface area (Å²) in [4.78, 5) is 14.5. The number of piperazine rings is 1. The van der Waals surface area contributed by atoms with Gasteiger partial charge in [0.15, 0.2) is 0 Å². The first-order chi connectivity index (χ1) is 12.9. The fourth-order valence-electron chi connectivity index (χ4n) is 2.92. The van der Waals surface area contributed by atoms with Crippen LogP contribution in [-0.2, 0) is 10.0 Å². The van der Waals surface area contributed by atoms with Crippen LogP contribution in [0, 0.1) is 0 Å². The molecule has 144 valence electrons. The number of methoxy groups -OCH3 is 1. The maximum absolute atomic E-state index is 13.0. The van der Waals surface area contributed by atoms with Gasteiger partial charge in [-0.15, -0.1) is 0 Å².